The molecule has 1 aromatic carbocycles. The Labute approximate surface area is 121 Å². The summed E-state index contributed by atoms with van der Waals surface area (Å²) >= 11 is 0. The maximum atomic E-state index is 11.0. The van der Waals surface area contributed by atoms with Crippen molar-refractivity contribution in [3.8, 4) is 0 Å². The standard InChI is InChI=1S/C14H19NO6/c16-9-10(17)12(14(19)20)21-13(11(9)18)15-7-6-8-4-2-1-3-5-8/h1-5,9-13,15-18H,6-7H2,(H,19,20)/t9-,10-,11+,12-,13+/m0/s1. The van der Waals surface area contributed by atoms with Crippen molar-refractivity contribution >= 4 is 5.97 Å². The van der Waals surface area contributed by atoms with E-state index >= 15 is 0 Å². The molecule has 0 radical (unpaired) electrons. The van der Waals surface area contributed by atoms with Gasteiger partial charge in [-0.1, -0.05) is 30.3 Å². The van der Waals surface area contributed by atoms with Crippen molar-refractivity contribution in [2.75, 3.05) is 6.54 Å². The normalized spacial score (nSPS) is 32.8. The number of benzene rings is 1. The number of ether oxygens (including phenoxy) is 1. The third-order valence-corrected chi connectivity index (χ3v) is 3.46. The SMILES string of the molecule is O=C(O)[C@H]1O[C@@H](NCCc2ccccc2)[C@H](O)[C@@H](O)[C@@H]1O. The van der Waals surface area contributed by atoms with Gasteiger partial charge in [0.25, 0.3) is 0 Å². The Balaban J connectivity index is 1.91. The first kappa shape index (κ1) is 15.9. The third kappa shape index (κ3) is 3.78. The lowest BCUT2D eigenvalue weighted by Gasteiger charge is -2.39. The van der Waals surface area contributed by atoms with E-state index in [9.17, 15) is 20.1 Å². The van der Waals surface area contributed by atoms with Crippen molar-refractivity contribution in [1.82, 2.24) is 5.32 Å². The fourth-order valence-electron chi connectivity index (χ4n) is 2.26. The van der Waals surface area contributed by atoms with Gasteiger partial charge in [0, 0.05) is 6.54 Å². The molecule has 0 spiro atoms. The number of aliphatic hydroxyl groups excluding tert-OH is 3. The molecule has 1 aliphatic heterocycles. The number of hydrogen-bond acceptors (Lipinski definition) is 6. The van der Waals surface area contributed by atoms with Gasteiger partial charge in [0.05, 0.1) is 0 Å². The Morgan fingerprint density at radius 1 is 1.10 bits per heavy atom. The highest BCUT2D eigenvalue weighted by Gasteiger charge is 2.46. The van der Waals surface area contributed by atoms with Crippen LogP contribution in [0.3, 0.4) is 0 Å². The molecule has 0 bridgehead atoms. The lowest BCUT2D eigenvalue weighted by atomic mass is 9.98. The van der Waals surface area contributed by atoms with E-state index in [1.54, 1.807) is 0 Å². The van der Waals surface area contributed by atoms with Gasteiger partial charge < -0.3 is 25.2 Å². The van der Waals surface area contributed by atoms with Crippen molar-refractivity contribution in [1.29, 1.82) is 0 Å². The van der Waals surface area contributed by atoms with Crippen molar-refractivity contribution < 1.29 is 30.0 Å². The van der Waals surface area contributed by atoms with Crippen LogP contribution in [0.25, 0.3) is 0 Å². The van der Waals surface area contributed by atoms with E-state index in [-0.39, 0.29) is 0 Å². The largest absolute Gasteiger partial charge is 0.479 e. The molecule has 1 aromatic rings. The highest BCUT2D eigenvalue weighted by Crippen LogP contribution is 2.20. The molecule has 0 aliphatic carbocycles. The second kappa shape index (κ2) is 6.97. The van der Waals surface area contributed by atoms with Crippen LogP contribution in [0.4, 0.5) is 0 Å². The van der Waals surface area contributed by atoms with Gasteiger partial charge in [-0.05, 0) is 12.0 Å². The van der Waals surface area contributed by atoms with Crippen molar-refractivity contribution in [3.05, 3.63) is 35.9 Å². The average molecular weight is 297 g/mol. The zero-order valence-corrected chi connectivity index (χ0v) is 11.3. The first-order valence-electron chi connectivity index (χ1n) is 6.70. The van der Waals surface area contributed by atoms with Crippen LogP contribution in [-0.4, -0.2) is 63.6 Å². The topological polar surface area (TPSA) is 119 Å². The number of carbonyl (C=O) groups is 1. The highest BCUT2D eigenvalue weighted by atomic mass is 16.6. The molecular formula is C14H19NO6. The highest BCUT2D eigenvalue weighted by molar-refractivity contribution is 5.73. The Bertz CT molecular complexity index is 468. The summed E-state index contributed by atoms with van der Waals surface area (Å²) in [6.07, 6.45) is -6.60. The van der Waals surface area contributed by atoms with E-state index in [2.05, 4.69) is 5.32 Å². The predicted octanol–water partition coefficient (Wildman–Crippen LogP) is -1.29. The molecule has 1 heterocycles. The predicted molar refractivity (Wildman–Crippen MR) is 72.5 cm³/mol. The molecule has 0 saturated carbocycles. The lowest BCUT2D eigenvalue weighted by Crippen LogP contribution is -2.63. The number of aliphatic carboxylic acids is 1. The quantitative estimate of drug-likeness (QED) is 0.459. The Morgan fingerprint density at radius 2 is 1.76 bits per heavy atom. The van der Waals surface area contributed by atoms with Gasteiger partial charge in [0.2, 0.25) is 0 Å². The van der Waals surface area contributed by atoms with Crippen LogP contribution >= 0.6 is 0 Å². The van der Waals surface area contributed by atoms with Gasteiger partial charge in [-0.15, -0.1) is 0 Å². The third-order valence-electron chi connectivity index (χ3n) is 3.46. The van der Waals surface area contributed by atoms with Crippen LogP contribution in [-0.2, 0) is 16.0 Å². The van der Waals surface area contributed by atoms with E-state index in [0.29, 0.717) is 13.0 Å². The van der Waals surface area contributed by atoms with E-state index in [0.717, 1.165) is 5.56 Å². The van der Waals surface area contributed by atoms with Gasteiger partial charge in [-0.2, -0.15) is 0 Å². The van der Waals surface area contributed by atoms with E-state index in [1.807, 2.05) is 30.3 Å². The number of rotatable bonds is 5. The molecule has 0 amide bonds. The smallest absolute Gasteiger partial charge is 0.335 e. The fraction of sp³-hybridized carbons (Fsp3) is 0.500. The molecule has 1 fully saturated rings. The second-order valence-electron chi connectivity index (χ2n) is 4.98. The fourth-order valence-corrected chi connectivity index (χ4v) is 2.26. The zero-order chi connectivity index (χ0) is 15.4. The summed E-state index contributed by atoms with van der Waals surface area (Å²) < 4.78 is 5.11. The van der Waals surface area contributed by atoms with Gasteiger partial charge >= 0.3 is 5.97 Å². The van der Waals surface area contributed by atoms with Crippen LogP contribution in [0.15, 0.2) is 30.3 Å². The Morgan fingerprint density at radius 3 is 2.38 bits per heavy atom. The average Bonchev–Trinajstić information content (AvgIpc) is 2.48. The van der Waals surface area contributed by atoms with Crippen LogP contribution < -0.4 is 5.32 Å². The number of carboxylic acid groups (broad SMARTS) is 1. The van der Waals surface area contributed by atoms with Gasteiger partial charge in [0.1, 0.15) is 24.5 Å². The molecule has 2 rings (SSSR count). The van der Waals surface area contributed by atoms with Gasteiger partial charge in [0.15, 0.2) is 6.10 Å². The van der Waals surface area contributed by atoms with Gasteiger partial charge in [-0.3, -0.25) is 5.32 Å². The van der Waals surface area contributed by atoms with Crippen LogP contribution in [0.5, 0.6) is 0 Å². The molecule has 116 valence electrons. The maximum Gasteiger partial charge on any atom is 0.335 e. The zero-order valence-electron chi connectivity index (χ0n) is 11.3. The minimum Gasteiger partial charge on any atom is -0.479 e. The number of carboxylic acids is 1. The maximum absolute atomic E-state index is 11.0. The molecular weight excluding hydrogens is 278 g/mol. The van der Waals surface area contributed by atoms with E-state index in [1.165, 1.54) is 0 Å². The summed E-state index contributed by atoms with van der Waals surface area (Å²) in [5.74, 6) is -1.39. The summed E-state index contributed by atoms with van der Waals surface area (Å²) in [7, 11) is 0. The second-order valence-corrected chi connectivity index (χ2v) is 4.98. The molecule has 21 heavy (non-hydrogen) atoms. The molecule has 1 aliphatic rings. The van der Waals surface area contributed by atoms with Crippen molar-refractivity contribution in [2.45, 2.75) is 37.1 Å². The summed E-state index contributed by atoms with van der Waals surface area (Å²) in [6, 6.07) is 9.60. The monoisotopic (exact) mass is 297 g/mol. The number of nitrogens with one attached hydrogen (secondary N) is 1. The van der Waals surface area contributed by atoms with Crippen LogP contribution in [0.1, 0.15) is 5.56 Å². The van der Waals surface area contributed by atoms with Crippen LogP contribution in [0, 0.1) is 0 Å². The van der Waals surface area contributed by atoms with Crippen LogP contribution in [0.2, 0.25) is 0 Å². The van der Waals surface area contributed by atoms with E-state index < -0.39 is 36.6 Å². The molecule has 5 atom stereocenters. The van der Waals surface area contributed by atoms with E-state index in [4.69, 9.17) is 9.84 Å². The summed E-state index contributed by atoms with van der Waals surface area (Å²) in [4.78, 5) is 11.0. The summed E-state index contributed by atoms with van der Waals surface area (Å²) in [5.41, 5.74) is 1.07. The minimum atomic E-state index is -1.66. The van der Waals surface area contributed by atoms with Crippen molar-refractivity contribution in [3.63, 3.8) is 0 Å². The summed E-state index contributed by atoms with van der Waals surface area (Å²) in [6.45, 7) is 0.431. The van der Waals surface area contributed by atoms with Gasteiger partial charge in [-0.25, -0.2) is 4.79 Å². The molecule has 7 nitrogen and oxygen atoms in total. The Kier molecular flexibility index (Phi) is 5.27. The molecule has 0 unspecified atom stereocenters. The number of hydrogen-bond donors (Lipinski definition) is 5. The first-order chi connectivity index (χ1) is 10.0. The number of aliphatic hydroxyl groups is 3. The molecule has 7 heteroatoms. The Hall–Kier alpha value is -1.51. The summed E-state index contributed by atoms with van der Waals surface area (Å²) in [5, 5.41) is 40.8. The molecule has 1 saturated heterocycles. The molecule has 0 aromatic heterocycles. The minimum absolute atomic E-state index is 0.431. The van der Waals surface area contributed by atoms with Crippen molar-refractivity contribution in [2.24, 2.45) is 0 Å². The molecule has 5 N–H and O–H groups in total. The first-order valence-corrected chi connectivity index (χ1v) is 6.70. The lowest BCUT2D eigenvalue weighted by molar-refractivity contribution is -0.233.